The van der Waals surface area contributed by atoms with E-state index in [4.69, 9.17) is 9.47 Å². The third-order valence-electron chi connectivity index (χ3n) is 9.14. The Morgan fingerprint density at radius 1 is 0.571 bits per heavy atom. The maximum Gasteiger partial charge on any atom is 0.0991 e. The smallest absolute Gasteiger partial charge is 0.0991 e. The van der Waals surface area contributed by atoms with Gasteiger partial charge in [0.2, 0.25) is 0 Å². The van der Waals surface area contributed by atoms with Crippen LogP contribution < -0.4 is 10.6 Å². The van der Waals surface area contributed by atoms with Crippen molar-refractivity contribution in [1.29, 1.82) is 0 Å². The molecule has 2 saturated heterocycles. The third-order valence-corrected chi connectivity index (χ3v) is 9.14. The fourth-order valence-electron chi connectivity index (χ4n) is 6.43. The van der Waals surface area contributed by atoms with Crippen molar-refractivity contribution in [3.8, 4) is 11.1 Å². The molecule has 0 radical (unpaired) electrons. The zero-order valence-corrected chi connectivity index (χ0v) is 25.0. The van der Waals surface area contributed by atoms with Gasteiger partial charge in [0.25, 0.3) is 0 Å². The minimum atomic E-state index is -0.866. The lowest BCUT2D eigenvalue weighted by molar-refractivity contribution is -0.216. The van der Waals surface area contributed by atoms with Crippen molar-refractivity contribution in [3.05, 3.63) is 59.7 Å². The molecule has 234 valence electrons. The summed E-state index contributed by atoms with van der Waals surface area (Å²) >= 11 is 0. The number of aliphatic hydroxyl groups excluding tert-OH is 6. The van der Waals surface area contributed by atoms with Crippen LogP contribution >= 0.6 is 0 Å². The van der Waals surface area contributed by atoms with Gasteiger partial charge in [-0.25, -0.2) is 0 Å². The zero-order chi connectivity index (χ0) is 30.7. The van der Waals surface area contributed by atoms with Crippen LogP contribution in [-0.4, -0.2) is 105 Å². The van der Waals surface area contributed by atoms with E-state index >= 15 is 0 Å². The topological polar surface area (TPSA) is 164 Å². The quantitative estimate of drug-likeness (QED) is 0.186. The van der Waals surface area contributed by atoms with Crippen LogP contribution in [0.15, 0.2) is 48.5 Å². The fraction of sp³-hybridized carbons (Fsp3) is 0.625. The number of rotatable bonds is 11. The van der Waals surface area contributed by atoms with Gasteiger partial charge in [0, 0.05) is 24.9 Å². The highest BCUT2D eigenvalue weighted by Crippen LogP contribution is 2.35. The van der Waals surface area contributed by atoms with Crippen molar-refractivity contribution in [2.24, 2.45) is 11.8 Å². The predicted octanol–water partition coefficient (Wildman–Crippen LogP) is 0.548. The number of hydrogen-bond acceptors (Lipinski definition) is 10. The molecule has 0 unspecified atom stereocenters. The molecule has 0 saturated carbocycles. The molecule has 10 heteroatoms. The second-order valence-corrected chi connectivity index (χ2v) is 12.7. The van der Waals surface area contributed by atoms with Crippen molar-refractivity contribution in [1.82, 2.24) is 10.6 Å². The highest BCUT2D eigenvalue weighted by molar-refractivity contribution is 5.64. The molecule has 0 bridgehead atoms. The standard InChI is InChI=1S/C32H48N2O8/c1-31(2)23(15-35)29(39)27(25(17-37)41-31)33-13-19-5-9-21(10-6-19)22-11-7-20(8-12-22)14-34-28-26(18-38)42-32(3,4)24(16-36)30(28)40/h5-12,23-30,33-40H,13-18H2,1-4H3/t23-,24-,25+,26+,27-,28-,29-,30-/m0/s1. The monoisotopic (exact) mass is 588 g/mol. The van der Waals surface area contributed by atoms with E-state index < -0.39 is 59.5 Å². The summed E-state index contributed by atoms with van der Waals surface area (Å²) in [5.74, 6) is -0.944. The molecule has 8 atom stereocenters. The average molecular weight is 589 g/mol. The van der Waals surface area contributed by atoms with Crippen LogP contribution in [-0.2, 0) is 22.6 Å². The maximum absolute atomic E-state index is 10.9. The normalized spacial score (nSPS) is 32.5. The van der Waals surface area contributed by atoms with E-state index in [1.54, 1.807) is 0 Å². The Morgan fingerprint density at radius 2 is 0.905 bits per heavy atom. The van der Waals surface area contributed by atoms with Crippen molar-refractivity contribution < 1.29 is 40.1 Å². The molecule has 2 fully saturated rings. The summed E-state index contributed by atoms with van der Waals surface area (Å²) in [6.45, 7) is 7.28. The maximum atomic E-state index is 10.9. The molecule has 0 amide bonds. The van der Waals surface area contributed by atoms with Crippen LogP contribution in [0.25, 0.3) is 11.1 Å². The SMILES string of the molecule is CC1(C)O[C@H](CO)[C@H](NCc2ccc(-c3ccc(CN[C@@H]4[C@@H](O)[C@H](CO)C(C)(C)O[C@@H]4CO)cc3)cc2)[C@@H](O)[C@@H]1CO. The molecule has 0 aliphatic carbocycles. The molecular formula is C32H48N2O8. The Labute approximate surface area is 248 Å². The minimum absolute atomic E-state index is 0.212. The Bertz CT molecular complexity index is 1040. The molecule has 2 aliphatic rings. The van der Waals surface area contributed by atoms with Crippen molar-refractivity contribution in [3.63, 3.8) is 0 Å². The molecule has 0 aromatic heterocycles. The van der Waals surface area contributed by atoms with Gasteiger partial charge in [0.1, 0.15) is 0 Å². The minimum Gasteiger partial charge on any atom is -0.396 e. The van der Waals surface area contributed by atoms with Gasteiger partial charge in [0.05, 0.1) is 74.1 Å². The summed E-state index contributed by atoms with van der Waals surface area (Å²) in [5, 5.41) is 67.7. The molecule has 2 aromatic rings. The van der Waals surface area contributed by atoms with Crippen LogP contribution in [0.4, 0.5) is 0 Å². The highest BCUT2D eigenvalue weighted by atomic mass is 16.5. The third kappa shape index (κ3) is 7.05. The second-order valence-electron chi connectivity index (χ2n) is 12.7. The first-order valence-electron chi connectivity index (χ1n) is 14.8. The van der Waals surface area contributed by atoms with E-state index in [0.717, 1.165) is 22.3 Å². The van der Waals surface area contributed by atoms with Gasteiger partial charge in [-0.2, -0.15) is 0 Å². The van der Waals surface area contributed by atoms with Crippen LogP contribution in [0.2, 0.25) is 0 Å². The number of nitrogens with one attached hydrogen (secondary N) is 2. The molecule has 0 spiro atoms. The molecular weight excluding hydrogens is 540 g/mol. The molecule has 2 heterocycles. The van der Waals surface area contributed by atoms with Crippen molar-refractivity contribution >= 4 is 0 Å². The summed E-state index contributed by atoms with van der Waals surface area (Å²) in [6, 6.07) is 15.1. The first kappa shape index (κ1) is 32.9. The summed E-state index contributed by atoms with van der Waals surface area (Å²) < 4.78 is 12.0. The van der Waals surface area contributed by atoms with Gasteiger partial charge >= 0.3 is 0 Å². The lowest BCUT2D eigenvalue weighted by Crippen LogP contribution is -2.64. The predicted molar refractivity (Wildman–Crippen MR) is 158 cm³/mol. The largest absolute Gasteiger partial charge is 0.396 e. The summed E-state index contributed by atoms with van der Waals surface area (Å²) in [4.78, 5) is 0. The highest BCUT2D eigenvalue weighted by Gasteiger charge is 2.49. The van der Waals surface area contributed by atoms with Crippen LogP contribution in [0.1, 0.15) is 38.8 Å². The lowest BCUT2D eigenvalue weighted by Gasteiger charge is -2.49. The van der Waals surface area contributed by atoms with Crippen LogP contribution in [0.5, 0.6) is 0 Å². The number of benzene rings is 2. The van der Waals surface area contributed by atoms with E-state index in [9.17, 15) is 30.6 Å². The lowest BCUT2D eigenvalue weighted by atomic mass is 9.78. The van der Waals surface area contributed by atoms with Gasteiger partial charge in [-0.3, -0.25) is 0 Å². The Hall–Kier alpha value is -1.96. The molecule has 10 nitrogen and oxygen atoms in total. The first-order chi connectivity index (χ1) is 19.9. The van der Waals surface area contributed by atoms with Gasteiger partial charge in [-0.05, 0) is 49.9 Å². The van der Waals surface area contributed by atoms with Gasteiger partial charge in [0.15, 0.2) is 0 Å². The van der Waals surface area contributed by atoms with E-state index in [1.807, 2.05) is 76.2 Å². The van der Waals surface area contributed by atoms with E-state index in [-0.39, 0.29) is 26.4 Å². The molecule has 8 N–H and O–H groups in total. The van der Waals surface area contributed by atoms with Crippen molar-refractivity contribution in [2.45, 2.75) is 88.5 Å². The van der Waals surface area contributed by atoms with Crippen molar-refractivity contribution in [2.75, 3.05) is 26.4 Å². The molecule has 2 aromatic carbocycles. The van der Waals surface area contributed by atoms with Crippen LogP contribution in [0.3, 0.4) is 0 Å². The van der Waals surface area contributed by atoms with E-state index in [2.05, 4.69) is 10.6 Å². The van der Waals surface area contributed by atoms with Gasteiger partial charge < -0.3 is 50.7 Å². The fourth-order valence-corrected chi connectivity index (χ4v) is 6.43. The molecule has 4 rings (SSSR count). The number of aliphatic hydroxyl groups is 6. The van der Waals surface area contributed by atoms with E-state index in [1.165, 1.54) is 0 Å². The number of hydrogen-bond donors (Lipinski definition) is 8. The first-order valence-corrected chi connectivity index (χ1v) is 14.8. The van der Waals surface area contributed by atoms with Crippen LogP contribution in [0, 0.1) is 11.8 Å². The Balaban J connectivity index is 1.34. The summed E-state index contributed by atoms with van der Waals surface area (Å²) in [7, 11) is 0. The number of ether oxygens (including phenoxy) is 2. The Kier molecular flexibility index (Phi) is 10.8. The summed E-state index contributed by atoms with van der Waals surface area (Å²) in [5.41, 5.74) is 2.59. The second kappa shape index (κ2) is 13.8. The Morgan fingerprint density at radius 3 is 1.19 bits per heavy atom. The molecule has 42 heavy (non-hydrogen) atoms. The van der Waals surface area contributed by atoms with Gasteiger partial charge in [-0.1, -0.05) is 48.5 Å². The van der Waals surface area contributed by atoms with E-state index in [0.29, 0.717) is 13.1 Å². The molecule has 2 aliphatic heterocycles. The average Bonchev–Trinajstić information content (AvgIpc) is 2.96. The summed E-state index contributed by atoms with van der Waals surface area (Å²) in [6.07, 6.45) is -2.91. The zero-order valence-electron chi connectivity index (χ0n) is 25.0. The van der Waals surface area contributed by atoms with Gasteiger partial charge in [-0.15, -0.1) is 0 Å².